The van der Waals surface area contributed by atoms with E-state index in [0.717, 1.165) is 5.69 Å². The zero-order valence-electron chi connectivity index (χ0n) is 13.6. The topological polar surface area (TPSA) is 87.2 Å². The number of nitrogens with zero attached hydrogens (tertiary/aromatic N) is 2. The fourth-order valence-corrected chi connectivity index (χ4v) is 3.37. The van der Waals surface area contributed by atoms with Crippen molar-refractivity contribution in [2.45, 2.75) is 18.9 Å². The zero-order valence-corrected chi connectivity index (χ0v) is 14.3. The first-order valence-electron chi connectivity index (χ1n) is 8.15. The van der Waals surface area contributed by atoms with Gasteiger partial charge in [-0.25, -0.2) is 0 Å². The maximum Gasteiger partial charge on any atom is 0.306 e. The summed E-state index contributed by atoms with van der Waals surface area (Å²) in [4.78, 5) is 39.3. The average Bonchev–Trinajstić information content (AvgIpc) is 2.96. The quantitative estimate of drug-likeness (QED) is 0.814. The van der Waals surface area contributed by atoms with Gasteiger partial charge in [0.05, 0.1) is 19.1 Å². The van der Waals surface area contributed by atoms with Gasteiger partial charge in [0.2, 0.25) is 11.8 Å². The summed E-state index contributed by atoms with van der Waals surface area (Å²) >= 11 is 5.87. The van der Waals surface area contributed by atoms with E-state index in [1.54, 1.807) is 34.1 Å². The van der Waals surface area contributed by atoms with Gasteiger partial charge < -0.3 is 19.6 Å². The highest BCUT2D eigenvalue weighted by Crippen LogP contribution is 2.28. The number of aliphatic carboxylic acids is 1. The van der Waals surface area contributed by atoms with Gasteiger partial charge in [0.15, 0.2) is 0 Å². The van der Waals surface area contributed by atoms with Gasteiger partial charge in [-0.1, -0.05) is 11.6 Å². The van der Waals surface area contributed by atoms with E-state index in [9.17, 15) is 14.4 Å². The highest BCUT2D eigenvalue weighted by Gasteiger charge is 2.40. The van der Waals surface area contributed by atoms with Crippen molar-refractivity contribution < 1.29 is 24.2 Å². The van der Waals surface area contributed by atoms with Gasteiger partial charge in [-0.15, -0.1) is 0 Å². The number of hydrogen-bond acceptors (Lipinski definition) is 4. The summed E-state index contributed by atoms with van der Waals surface area (Å²) in [5.74, 6) is -2.17. The van der Waals surface area contributed by atoms with Crippen LogP contribution in [0.3, 0.4) is 0 Å². The predicted molar refractivity (Wildman–Crippen MR) is 90.5 cm³/mol. The molecule has 2 atom stereocenters. The Bertz CT molecular complexity index is 678. The molecule has 0 saturated carbocycles. The molecule has 0 unspecified atom stereocenters. The van der Waals surface area contributed by atoms with Gasteiger partial charge in [-0.05, 0) is 30.7 Å². The second-order valence-electron chi connectivity index (χ2n) is 6.18. The van der Waals surface area contributed by atoms with Crippen LogP contribution in [0.25, 0.3) is 0 Å². The van der Waals surface area contributed by atoms with Crippen LogP contribution >= 0.6 is 11.6 Å². The van der Waals surface area contributed by atoms with Crippen LogP contribution in [0.5, 0.6) is 0 Å². The molecule has 8 heteroatoms. The second kappa shape index (κ2) is 7.41. The van der Waals surface area contributed by atoms with E-state index in [1.165, 1.54) is 0 Å². The molecule has 2 aliphatic heterocycles. The summed E-state index contributed by atoms with van der Waals surface area (Å²) in [5.41, 5.74) is 0.718. The van der Waals surface area contributed by atoms with Crippen LogP contribution in [0.1, 0.15) is 12.8 Å². The van der Waals surface area contributed by atoms with Gasteiger partial charge in [-0.2, -0.15) is 0 Å². The van der Waals surface area contributed by atoms with Crippen LogP contribution in [0.2, 0.25) is 5.02 Å². The van der Waals surface area contributed by atoms with E-state index in [0.29, 0.717) is 24.5 Å². The predicted octanol–water partition coefficient (Wildman–Crippen LogP) is 1.40. The van der Waals surface area contributed by atoms with Crippen LogP contribution in [-0.4, -0.2) is 60.1 Å². The van der Waals surface area contributed by atoms with Gasteiger partial charge in [0.1, 0.15) is 5.92 Å². The Morgan fingerprint density at radius 3 is 2.64 bits per heavy atom. The number of carbonyl (C=O) groups is 3. The number of carbonyl (C=O) groups excluding carboxylic acids is 2. The van der Waals surface area contributed by atoms with Crippen LogP contribution in [0.15, 0.2) is 24.3 Å². The third-order valence-corrected chi connectivity index (χ3v) is 4.75. The normalized spacial score (nSPS) is 23.8. The molecule has 0 aliphatic carbocycles. The molecule has 1 aromatic rings. The molecule has 0 spiro atoms. The van der Waals surface area contributed by atoms with Crippen molar-refractivity contribution in [1.82, 2.24) is 4.90 Å². The highest BCUT2D eigenvalue weighted by atomic mass is 35.5. The molecule has 0 bridgehead atoms. The smallest absolute Gasteiger partial charge is 0.306 e. The van der Waals surface area contributed by atoms with E-state index in [2.05, 4.69) is 0 Å². The molecule has 0 aromatic heterocycles. The number of benzene rings is 1. The number of hydrogen-bond donors (Lipinski definition) is 1. The lowest BCUT2D eigenvalue weighted by Gasteiger charge is -2.33. The number of morpholine rings is 1. The molecule has 1 N–H and O–H groups in total. The van der Waals surface area contributed by atoms with Crippen LogP contribution in [-0.2, 0) is 19.1 Å². The van der Waals surface area contributed by atoms with Crippen LogP contribution in [0, 0.1) is 5.92 Å². The second-order valence-corrected chi connectivity index (χ2v) is 6.62. The summed E-state index contributed by atoms with van der Waals surface area (Å²) in [5, 5.41) is 9.45. The first-order valence-corrected chi connectivity index (χ1v) is 8.52. The Morgan fingerprint density at radius 1 is 1.24 bits per heavy atom. The maximum absolute atomic E-state index is 12.7. The van der Waals surface area contributed by atoms with Crippen molar-refractivity contribution in [2.75, 3.05) is 31.1 Å². The number of halogens is 1. The van der Waals surface area contributed by atoms with Gasteiger partial charge in [-0.3, -0.25) is 14.4 Å². The van der Waals surface area contributed by atoms with Crippen molar-refractivity contribution in [2.24, 2.45) is 5.92 Å². The van der Waals surface area contributed by atoms with Crippen LogP contribution in [0.4, 0.5) is 5.69 Å². The lowest BCUT2D eigenvalue weighted by Crippen LogP contribution is -2.49. The fraction of sp³-hybridized carbons (Fsp3) is 0.471. The van der Waals surface area contributed by atoms with E-state index in [1.807, 2.05) is 0 Å². The Kier molecular flexibility index (Phi) is 5.24. The number of rotatable bonds is 4. The molecule has 134 valence electrons. The Hall–Kier alpha value is -2.12. The zero-order chi connectivity index (χ0) is 18.0. The first-order chi connectivity index (χ1) is 12.0. The molecule has 0 radical (unpaired) electrons. The number of amides is 2. The minimum atomic E-state index is -0.967. The molecule has 7 nitrogen and oxygen atoms in total. The number of carboxylic acids is 1. The third kappa shape index (κ3) is 3.93. The van der Waals surface area contributed by atoms with Crippen molar-refractivity contribution >= 4 is 35.1 Å². The van der Waals surface area contributed by atoms with Gasteiger partial charge in [0.25, 0.3) is 0 Å². The molecule has 2 aliphatic rings. The molecule has 25 heavy (non-hydrogen) atoms. The summed E-state index contributed by atoms with van der Waals surface area (Å²) < 4.78 is 5.38. The molecule has 2 saturated heterocycles. The molecule has 2 amide bonds. The number of ether oxygens (including phenoxy) is 1. The Morgan fingerprint density at radius 2 is 1.96 bits per heavy atom. The minimum absolute atomic E-state index is 0.153. The van der Waals surface area contributed by atoms with Crippen molar-refractivity contribution in [3.05, 3.63) is 29.3 Å². The molecular formula is C17H19ClN2O5. The monoisotopic (exact) mass is 366 g/mol. The first kappa shape index (κ1) is 17.7. The lowest BCUT2D eigenvalue weighted by molar-refractivity contribution is -0.151. The Labute approximate surface area is 150 Å². The van der Waals surface area contributed by atoms with E-state index < -0.39 is 18.0 Å². The molecule has 2 heterocycles. The minimum Gasteiger partial charge on any atom is -0.481 e. The largest absolute Gasteiger partial charge is 0.481 e. The van der Waals surface area contributed by atoms with E-state index in [-0.39, 0.29) is 31.4 Å². The summed E-state index contributed by atoms with van der Waals surface area (Å²) in [6, 6.07) is 6.92. The number of anilines is 1. The van der Waals surface area contributed by atoms with Crippen molar-refractivity contribution in [3.63, 3.8) is 0 Å². The lowest BCUT2D eigenvalue weighted by atomic mass is 10.1. The van der Waals surface area contributed by atoms with Crippen molar-refractivity contribution in [1.29, 1.82) is 0 Å². The average molecular weight is 367 g/mol. The molecule has 2 fully saturated rings. The Balaban J connectivity index is 1.65. The van der Waals surface area contributed by atoms with Gasteiger partial charge >= 0.3 is 5.97 Å². The summed E-state index contributed by atoms with van der Waals surface area (Å²) in [6.07, 6.45) is -0.236. The van der Waals surface area contributed by atoms with Gasteiger partial charge in [0, 0.05) is 30.3 Å². The van der Waals surface area contributed by atoms with E-state index in [4.69, 9.17) is 21.4 Å². The van der Waals surface area contributed by atoms with Crippen molar-refractivity contribution in [3.8, 4) is 0 Å². The molecule has 1 aromatic carbocycles. The SMILES string of the molecule is O=C(O)C[C@@H]1CN(C(=O)[C@@H]2CCN(c3ccc(Cl)cc3)C2=O)CCO1. The van der Waals surface area contributed by atoms with Crippen LogP contribution < -0.4 is 4.90 Å². The molecular weight excluding hydrogens is 348 g/mol. The summed E-state index contributed by atoms with van der Waals surface area (Å²) in [6.45, 7) is 1.33. The maximum atomic E-state index is 12.7. The number of carboxylic acid groups (broad SMARTS) is 1. The standard InChI is InChI=1S/C17H19ClN2O5/c18-11-1-3-12(4-2-11)20-6-5-14(17(20)24)16(23)19-7-8-25-13(10-19)9-15(21)22/h1-4,13-14H,5-10H2,(H,21,22)/t13-,14+/m1/s1. The molecule has 3 rings (SSSR count). The summed E-state index contributed by atoms with van der Waals surface area (Å²) in [7, 11) is 0. The highest BCUT2D eigenvalue weighted by molar-refractivity contribution is 6.30. The fourth-order valence-electron chi connectivity index (χ4n) is 3.24. The third-order valence-electron chi connectivity index (χ3n) is 4.49. The van der Waals surface area contributed by atoms with E-state index >= 15 is 0 Å².